The van der Waals surface area contributed by atoms with E-state index in [1.54, 1.807) is 0 Å². The van der Waals surface area contributed by atoms with Gasteiger partial charge >= 0.3 is 0 Å². The molecule has 4 saturated carbocycles. The molecule has 1 saturated heterocycles. The first-order chi connectivity index (χ1) is 14.7. The van der Waals surface area contributed by atoms with Crippen LogP contribution in [0.3, 0.4) is 0 Å². The van der Waals surface area contributed by atoms with Crippen molar-refractivity contribution in [2.75, 3.05) is 19.6 Å². The van der Waals surface area contributed by atoms with Crippen LogP contribution in [0.15, 0.2) is 24.3 Å². The largest absolute Gasteiger partial charge is 0.490 e. The lowest BCUT2D eigenvalue weighted by Gasteiger charge is -2.42. The van der Waals surface area contributed by atoms with E-state index in [1.807, 2.05) is 29.2 Å². The smallest absolute Gasteiger partial charge is 0.251 e. The summed E-state index contributed by atoms with van der Waals surface area (Å²) in [7, 11) is 0. The van der Waals surface area contributed by atoms with E-state index in [-0.39, 0.29) is 12.0 Å². The Kier molecular flexibility index (Phi) is 5.70. The molecule has 0 radical (unpaired) electrons. The third-order valence-electron chi connectivity index (χ3n) is 7.82. The van der Waals surface area contributed by atoms with Crippen molar-refractivity contribution in [3.8, 4) is 5.75 Å². The normalized spacial score (nSPS) is 28.9. The van der Waals surface area contributed by atoms with Crippen LogP contribution in [0, 0.1) is 23.7 Å². The molecule has 0 aromatic heterocycles. The summed E-state index contributed by atoms with van der Waals surface area (Å²) in [4.78, 5) is 26.7. The van der Waals surface area contributed by atoms with Crippen molar-refractivity contribution < 1.29 is 14.3 Å². The molecule has 5 aliphatic rings. The molecular weight excluding hydrogens is 376 g/mol. The molecule has 0 spiro atoms. The summed E-state index contributed by atoms with van der Waals surface area (Å²) in [6, 6.07) is 7.53. The van der Waals surface area contributed by atoms with Gasteiger partial charge in [-0.2, -0.15) is 0 Å². The number of hydrogen-bond acceptors (Lipinski definition) is 3. The maximum absolute atomic E-state index is 12.6. The van der Waals surface area contributed by atoms with E-state index in [9.17, 15) is 9.59 Å². The molecule has 5 fully saturated rings. The van der Waals surface area contributed by atoms with Gasteiger partial charge in [-0.1, -0.05) is 12.8 Å². The predicted molar refractivity (Wildman–Crippen MR) is 115 cm³/mol. The van der Waals surface area contributed by atoms with Crippen LogP contribution in [0.25, 0.3) is 0 Å². The van der Waals surface area contributed by atoms with E-state index in [0.717, 1.165) is 62.9 Å². The highest BCUT2D eigenvalue weighted by molar-refractivity contribution is 5.94. The summed E-state index contributed by atoms with van der Waals surface area (Å²) in [6.07, 6.45) is 10.8. The van der Waals surface area contributed by atoms with E-state index in [4.69, 9.17) is 4.74 Å². The number of carbonyl (C=O) groups is 2. The van der Waals surface area contributed by atoms with Crippen LogP contribution in [0.2, 0.25) is 0 Å². The molecule has 1 N–H and O–H groups in total. The second-order valence-electron chi connectivity index (χ2n) is 9.93. The molecule has 1 heterocycles. The van der Waals surface area contributed by atoms with Crippen molar-refractivity contribution in [1.82, 2.24) is 10.2 Å². The lowest BCUT2D eigenvalue weighted by Crippen LogP contribution is -2.42. The van der Waals surface area contributed by atoms with Crippen LogP contribution in [0.5, 0.6) is 5.75 Å². The molecule has 1 aliphatic heterocycles. The van der Waals surface area contributed by atoms with Crippen LogP contribution in [-0.4, -0.2) is 42.5 Å². The third kappa shape index (κ3) is 4.50. The van der Waals surface area contributed by atoms with Crippen molar-refractivity contribution in [2.45, 2.75) is 63.9 Å². The second kappa shape index (κ2) is 8.60. The highest BCUT2D eigenvalue weighted by Crippen LogP contribution is 2.44. The van der Waals surface area contributed by atoms with E-state index in [1.165, 1.54) is 32.1 Å². The zero-order valence-electron chi connectivity index (χ0n) is 17.9. The molecule has 2 bridgehead atoms. The van der Waals surface area contributed by atoms with E-state index >= 15 is 0 Å². The van der Waals surface area contributed by atoms with Crippen molar-refractivity contribution in [3.05, 3.63) is 29.8 Å². The molecule has 1 atom stereocenters. The van der Waals surface area contributed by atoms with Crippen LogP contribution in [0.4, 0.5) is 0 Å². The minimum atomic E-state index is 0.0230. The van der Waals surface area contributed by atoms with Gasteiger partial charge in [-0.3, -0.25) is 9.59 Å². The second-order valence-corrected chi connectivity index (χ2v) is 9.93. The van der Waals surface area contributed by atoms with Crippen molar-refractivity contribution in [2.24, 2.45) is 23.7 Å². The third-order valence-corrected chi connectivity index (χ3v) is 7.82. The minimum absolute atomic E-state index is 0.0230. The maximum atomic E-state index is 12.6. The lowest BCUT2D eigenvalue weighted by atomic mass is 9.65. The fourth-order valence-corrected chi connectivity index (χ4v) is 5.75. The zero-order valence-corrected chi connectivity index (χ0v) is 17.9. The number of carbonyl (C=O) groups excluding carboxylic acids is 2. The number of likely N-dealkylation sites (tertiary alicyclic amines) is 1. The topological polar surface area (TPSA) is 58.6 Å². The Morgan fingerprint density at radius 2 is 1.63 bits per heavy atom. The van der Waals surface area contributed by atoms with Gasteiger partial charge in [0, 0.05) is 44.0 Å². The number of fused-ring (bicyclic) bond motifs is 3. The Morgan fingerprint density at radius 1 is 0.933 bits per heavy atom. The standard InChI is InChI=1S/C25H34N2O3/c28-24(26-16-21-15-17-1-3-18(21)4-2-17)19-7-9-22(10-8-19)30-23-11-13-27(14-12-23)25(29)20-5-6-20/h7-10,17-18,20-21,23H,1-6,11-16H2,(H,26,28). The summed E-state index contributed by atoms with van der Waals surface area (Å²) in [5.74, 6) is 3.85. The summed E-state index contributed by atoms with van der Waals surface area (Å²) < 4.78 is 6.11. The van der Waals surface area contributed by atoms with Crippen LogP contribution >= 0.6 is 0 Å². The van der Waals surface area contributed by atoms with Crippen molar-refractivity contribution in [1.29, 1.82) is 0 Å². The first kappa shape index (κ1) is 19.9. The summed E-state index contributed by atoms with van der Waals surface area (Å²) >= 11 is 0. The number of ether oxygens (including phenoxy) is 1. The summed E-state index contributed by atoms with van der Waals surface area (Å²) in [5, 5.41) is 3.17. The van der Waals surface area contributed by atoms with Gasteiger partial charge in [0.15, 0.2) is 0 Å². The summed E-state index contributed by atoms with van der Waals surface area (Å²) in [6.45, 7) is 2.41. The zero-order chi connectivity index (χ0) is 20.5. The lowest BCUT2D eigenvalue weighted by molar-refractivity contribution is -0.134. The Balaban J connectivity index is 1.07. The molecule has 1 aromatic carbocycles. The van der Waals surface area contributed by atoms with Gasteiger partial charge in [-0.05, 0) is 74.1 Å². The van der Waals surface area contributed by atoms with Crippen molar-refractivity contribution >= 4 is 11.8 Å². The van der Waals surface area contributed by atoms with Gasteiger partial charge in [0.25, 0.3) is 5.91 Å². The average Bonchev–Trinajstić information content (AvgIpc) is 3.64. The molecule has 5 heteroatoms. The van der Waals surface area contributed by atoms with Crippen molar-refractivity contribution in [3.63, 3.8) is 0 Å². The molecular formula is C25H34N2O3. The molecule has 2 amide bonds. The number of benzene rings is 1. The fourth-order valence-electron chi connectivity index (χ4n) is 5.75. The van der Waals surface area contributed by atoms with Gasteiger partial charge in [0.1, 0.15) is 11.9 Å². The van der Waals surface area contributed by atoms with Gasteiger partial charge in [0.2, 0.25) is 5.91 Å². The van der Waals surface area contributed by atoms with E-state index in [2.05, 4.69) is 5.32 Å². The molecule has 4 aliphatic carbocycles. The molecule has 6 rings (SSSR count). The van der Waals surface area contributed by atoms with E-state index in [0.29, 0.717) is 23.3 Å². The number of piperidine rings is 1. The Hall–Kier alpha value is -2.04. The maximum Gasteiger partial charge on any atom is 0.251 e. The Bertz CT molecular complexity index is 757. The van der Waals surface area contributed by atoms with Crippen LogP contribution in [-0.2, 0) is 4.79 Å². The number of rotatable bonds is 6. The first-order valence-corrected chi connectivity index (χ1v) is 12.0. The fraction of sp³-hybridized carbons (Fsp3) is 0.680. The quantitative estimate of drug-likeness (QED) is 0.771. The molecule has 1 aromatic rings. The van der Waals surface area contributed by atoms with Gasteiger partial charge in [0.05, 0.1) is 0 Å². The highest BCUT2D eigenvalue weighted by atomic mass is 16.5. The van der Waals surface area contributed by atoms with Crippen LogP contribution < -0.4 is 10.1 Å². The van der Waals surface area contributed by atoms with Gasteiger partial charge < -0.3 is 15.0 Å². The average molecular weight is 411 g/mol. The number of nitrogens with zero attached hydrogens (tertiary/aromatic N) is 1. The highest BCUT2D eigenvalue weighted by Gasteiger charge is 2.36. The molecule has 162 valence electrons. The Labute approximate surface area is 179 Å². The number of amides is 2. The SMILES string of the molecule is O=C(NCC1CC2CCC1CC2)c1ccc(OC2CCN(C(=O)C3CC3)CC2)cc1. The predicted octanol–water partition coefficient (Wildman–Crippen LogP) is 4.02. The Morgan fingerprint density at radius 3 is 2.23 bits per heavy atom. The number of hydrogen-bond donors (Lipinski definition) is 1. The minimum Gasteiger partial charge on any atom is -0.490 e. The van der Waals surface area contributed by atoms with Gasteiger partial charge in [-0.15, -0.1) is 0 Å². The van der Waals surface area contributed by atoms with E-state index < -0.39 is 0 Å². The van der Waals surface area contributed by atoms with Crippen LogP contribution in [0.1, 0.15) is 68.1 Å². The monoisotopic (exact) mass is 410 g/mol. The molecule has 1 unspecified atom stereocenters. The number of nitrogens with one attached hydrogen (secondary N) is 1. The molecule has 30 heavy (non-hydrogen) atoms. The first-order valence-electron chi connectivity index (χ1n) is 12.0. The molecule has 5 nitrogen and oxygen atoms in total. The summed E-state index contributed by atoms with van der Waals surface area (Å²) in [5.41, 5.74) is 0.702. The van der Waals surface area contributed by atoms with Gasteiger partial charge in [-0.25, -0.2) is 0 Å².